The molecule has 1 aliphatic carbocycles. The molecule has 1 amide bonds. The molecular formula is C12H20N2O2. The lowest BCUT2D eigenvalue weighted by molar-refractivity contribution is -0.128. The Labute approximate surface area is 96.4 Å². The molecule has 1 aliphatic heterocycles. The molecule has 0 bridgehead atoms. The number of carbonyl (C=O) groups is 2. The van der Waals surface area contributed by atoms with Gasteiger partial charge in [-0.2, -0.15) is 0 Å². The standard InChI is InChI=1S/C12H20N2O2/c1-13-12(16)11-4-2-3-7-14(11)9-5-6-10(15)8-9/h9,11H,2-8H2,1H3,(H,13,16). The fraction of sp³-hybridized carbons (Fsp3) is 0.833. The first-order valence-corrected chi connectivity index (χ1v) is 6.21. The number of hydrogen-bond donors (Lipinski definition) is 1. The van der Waals surface area contributed by atoms with Crippen LogP contribution in [0.4, 0.5) is 0 Å². The molecule has 4 heteroatoms. The smallest absolute Gasteiger partial charge is 0.237 e. The molecule has 0 aromatic rings. The van der Waals surface area contributed by atoms with Crippen molar-refractivity contribution in [3.63, 3.8) is 0 Å². The summed E-state index contributed by atoms with van der Waals surface area (Å²) in [7, 11) is 1.69. The van der Waals surface area contributed by atoms with E-state index in [-0.39, 0.29) is 11.9 Å². The maximum Gasteiger partial charge on any atom is 0.237 e. The zero-order valence-corrected chi connectivity index (χ0v) is 9.87. The highest BCUT2D eigenvalue weighted by Gasteiger charge is 2.36. The van der Waals surface area contributed by atoms with Gasteiger partial charge in [-0.25, -0.2) is 0 Å². The number of likely N-dealkylation sites (N-methyl/N-ethyl adjacent to an activating group) is 1. The predicted molar refractivity (Wildman–Crippen MR) is 61.1 cm³/mol. The molecule has 1 heterocycles. The average Bonchev–Trinajstić information content (AvgIpc) is 2.75. The number of likely N-dealkylation sites (tertiary alicyclic amines) is 1. The van der Waals surface area contributed by atoms with Crippen molar-refractivity contribution in [2.75, 3.05) is 13.6 Å². The Kier molecular flexibility index (Phi) is 3.59. The van der Waals surface area contributed by atoms with E-state index in [4.69, 9.17) is 0 Å². The summed E-state index contributed by atoms with van der Waals surface area (Å²) in [5.74, 6) is 0.463. The second kappa shape index (κ2) is 4.95. The second-order valence-electron chi connectivity index (χ2n) is 4.80. The number of nitrogens with one attached hydrogen (secondary N) is 1. The van der Waals surface area contributed by atoms with Crippen molar-refractivity contribution < 1.29 is 9.59 Å². The Morgan fingerprint density at radius 2 is 2.19 bits per heavy atom. The summed E-state index contributed by atoms with van der Waals surface area (Å²) in [6.07, 6.45) is 5.49. The summed E-state index contributed by atoms with van der Waals surface area (Å²) in [6.45, 7) is 0.968. The van der Waals surface area contributed by atoms with Crippen LogP contribution in [0.5, 0.6) is 0 Å². The molecule has 2 unspecified atom stereocenters. The first-order chi connectivity index (χ1) is 7.72. The Morgan fingerprint density at radius 1 is 1.38 bits per heavy atom. The lowest BCUT2D eigenvalue weighted by atomic mass is 9.98. The zero-order chi connectivity index (χ0) is 11.5. The molecular weight excluding hydrogens is 204 g/mol. The Morgan fingerprint density at radius 3 is 2.81 bits per heavy atom. The number of piperidine rings is 1. The van der Waals surface area contributed by atoms with E-state index in [1.54, 1.807) is 7.05 Å². The van der Waals surface area contributed by atoms with E-state index >= 15 is 0 Å². The molecule has 1 saturated carbocycles. The van der Waals surface area contributed by atoms with E-state index in [9.17, 15) is 9.59 Å². The predicted octanol–water partition coefficient (Wildman–Crippen LogP) is 0.708. The third kappa shape index (κ3) is 2.26. The highest BCUT2D eigenvalue weighted by atomic mass is 16.2. The third-order valence-electron chi connectivity index (χ3n) is 3.78. The van der Waals surface area contributed by atoms with Crippen molar-refractivity contribution in [1.29, 1.82) is 0 Å². The van der Waals surface area contributed by atoms with Gasteiger partial charge in [-0.05, 0) is 25.8 Å². The van der Waals surface area contributed by atoms with Gasteiger partial charge in [0.2, 0.25) is 5.91 Å². The van der Waals surface area contributed by atoms with Crippen LogP contribution >= 0.6 is 0 Å². The van der Waals surface area contributed by atoms with Gasteiger partial charge in [-0.1, -0.05) is 6.42 Å². The van der Waals surface area contributed by atoms with Crippen molar-refractivity contribution >= 4 is 11.7 Å². The molecule has 2 rings (SSSR count). The molecule has 0 aromatic carbocycles. The molecule has 4 nitrogen and oxygen atoms in total. The van der Waals surface area contributed by atoms with Gasteiger partial charge in [0.1, 0.15) is 5.78 Å². The summed E-state index contributed by atoms with van der Waals surface area (Å²) in [5, 5.41) is 2.73. The minimum absolute atomic E-state index is 0.00495. The van der Waals surface area contributed by atoms with Gasteiger partial charge in [0.25, 0.3) is 0 Å². The van der Waals surface area contributed by atoms with Gasteiger partial charge in [0.15, 0.2) is 0 Å². The lowest BCUT2D eigenvalue weighted by Gasteiger charge is -2.38. The highest BCUT2D eigenvalue weighted by molar-refractivity contribution is 5.83. The number of rotatable bonds is 2. The van der Waals surface area contributed by atoms with Crippen LogP contribution in [0.1, 0.15) is 38.5 Å². The van der Waals surface area contributed by atoms with Gasteiger partial charge in [-0.3, -0.25) is 14.5 Å². The summed E-state index contributed by atoms with van der Waals surface area (Å²) >= 11 is 0. The van der Waals surface area contributed by atoms with Crippen LogP contribution in [-0.4, -0.2) is 42.3 Å². The van der Waals surface area contributed by atoms with Crippen LogP contribution in [0, 0.1) is 0 Å². The molecule has 1 N–H and O–H groups in total. The van der Waals surface area contributed by atoms with E-state index < -0.39 is 0 Å². The SMILES string of the molecule is CNC(=O)C1CCCCN1C1CCC(=O)C1. The maximum atomic E-state index is 11.8. The van der Waals surface area contributed by atoms with Crippen molar-refractivity contribution in [3.05, 3.63) is 0 Å². The largest absolute Gasteiger partial charge is 0.358 e. The number of hydrogen-bond acceptors (Lipinski definition) is 3. The fourth-order valence-electron chi connectivity index (χ4n) is 2.92. The maximum absolute atomic E-state index is 11.8. The summed E-state index contributed by atoms with van der Waals surface area (Å²) in [4.78, 5) is 25.3. The van der Waals surface area contributed by atoms with Crippen molar-refractivity contribution in [2.24, 2.45) is 0 Å². The Balaban J connectivity index is 2.04. The van der Waals surface area contributed by atoms with Crippen LogP contribution in [0.3, 0.4) is 0 Å². The highest BCUT2D eigenvalue weighted by Crippen LogP contribution is 2.27. The molecule has 0 radical (unpaired) electrons. The number of Topliss-reactive ketones (excluding diaryl/α,β-unsaturated/α-hetero) is 1. The number of ketones is 1. The molecule has 90 valence electrons. The van der Waals surface area contributed by atoms with Gasteiger partial charge >= 0.3 is 0 Å². The van der Waals surface area contributed by atoms with Crippen molar-refractivity contribution in [1.82, 2.24) is 10.2 Å². The molecule has 16 heavy (non-hydrogen) atoms. The van der Waals surface area contributed by atoms with Crippen LogP contribution < -0.4 is 5.32 Å². The minimum atomic E-state index is -0.00495. The molecule has 2 atom stereocenters. The van der Waals surface area contributed by atoms with E-state index in [1.807, 2.05) is 0 Å². The van der Waals surface area contributed by atoms with Gasteiger partial charge in [-0.15, -0.1) is 0 Å². The topological polar surface area (TPSA) is 49.4 Å². The number of amides is 1. The van der Waals surface area contributed by atoms with Crippen LogP contribution in [0.2, 0.25) is 0 Å². The molecule has 0 spiro atoms. The van der Waals surface area contributed by atoms with E-state index in [0.29, 0.717) is 24.7 Å². The molecule has 2 aliphatic rings. The van der Waals surface area contributed by atoms with E-state index in [2.05, 4.69) is 10.2 Å². The molecule has 2 fully saturated rings. The monoisotopic (exact) mass is 224 g/mol. The quantitative estimate of drug-likeness (QED) is 0.751. The molecule has 0 aromatic heterocycles. The van der Waals surface area contributed by atoms with Crippen LogP contribution in [0.25, 0.3) is 0 Å². The van der Waals surface area contributed by atoms with Crippen LogP contribution in [-0.2, 0) is 9.59 Å². The minimum Gasteiger partial charge on any atom is -0.358 e. The normalized spacial score (nSPS) is 31.7. The van der Waals surface area contributed by atoms with Gasteiger partial charge in [0, 0.05) is 25.9 Å². The Bertz CT molecular complexity index is 291. The summed E-state index contributed by atoms with van der Waals surface area (Å²) in [5.41, 5.74) is 0. The molecule has 1 saturated heterocycles. The van der Waals surface area contributed by atoms with Crippen molar-refractivity contribution in [2.45, 2.75) is 50.6 Å². The van der Waals surface area contributed by atoms with Gasteiger partial charge in [0.05, 0.1) is 6.04 Å². The van der Waals surface area contributed by atoms with Crippen molar-refractivity contribution in [3.8, 4) is 0 Å². The van der Waals surface area contributed by atoms with Crippen LogP contribution in [0.15, 0.2) is 0 Å². The van der Waals surface area contributed by atoms with E-state index in [0.717, 1.165) is 32.2 Å². The third-order valence-corrected chi connectivity index (χ3v) is 3.78. The first-order valence-electron chi connectivity index (χ1n) is 6.21. The van der Waals surface area contributed by atoms with Gasteiger partial charge < -0.3 is 5.32 Å². The number of nitrogens with zero attached hydrogens (tertiary/aromatic N) is 1. The lowest BCUT2D eigenvalue weighted by Crippen LogP contribution is -2.52. The summed E-state index contributed by atoms with van der Waals surface area (Å²) < 4.78 is 0. The Hall–Kier alpha value is -0.900. The average molecular weight is 224 g/mol. The fourth-order valence-corrected chi connectivity index (χ4v) is 2.92. The number of carbonyl (C=O) groups excluding carboxylic acids is 2. The summed E-state index contributed by atoms with van der Waals surface area (Å²) in [6, 6.07) is 0.310. The first kappa shape index (κ1) is 11.6. The second-order valence-corrected chi connectivity index (χ2v) is 4.80. The zero-order valence-electron chi connectivity index (χ0n) is 9.87. The van der Waals surface area contributed by atoms with E-state index in [1.165, 1.54) is 0 Å².